The molecule has 222 valence electrons. The molecule has 4 aromatic rings. The topological polar surface area (TPSA) is 86.8 Å². The number of anilines is 1. The van der Waals surface area contributed by atoms with Crippen molar-refractivity contribution in [3.8, 4) is 11.1 Å². The Hall–Kier alpha value is -4.14. The van der Waals surface area contributed by atoms with Crippen molar-refractivity contribution in [2.24, 2.45) is 0 Å². The van der Waals surface area contributed by atoms with Gasteiger partial charge in [-0.1, -0.05) is 104 Å². The molecule has 0 fully saturated rings. The van der Waals surface area contributed by atoms with E-state index in [2.05, 4.69) is 17.7 Å². The molecule has 0 radical (unpaired) electrons. The van der Waals surface area contributed by atoms with Crippen LogP contribution in [0, 0.1) is 0 Å². The van der Waals surface area contributed by atoms with E-state index >= 15 is 0 Å². The number of nitrogens with zero attached hydrogens (tertiary/aromatic N) is 2. The third-order valence-corrected chi connectivity index (χ3v) is 9.30. The van der Waals surface area contributed by atoms with Crippen molar-refractivity contribution < 1.29 is 18.0 Å². The van der Waals surface area contributed by atoms with Crippen LogP contribution in [0.15, 0.2) is 102 Å². The number of nitrogens with one attached hydrogen (secondary N) is 1. The third-order valence-electron chi connectivity index (χ3n) is 7.58. The van der Waals surface area contributed by atoms with Crippen LogP contribution in [-0.2, 0) is 23.0 Å². The molecule has 0 spiro atoms. The molecule has 0 bridgehead atoms. The van der Waals surface area contributed by atoms with Gasteiger partial charge < -0.3 is 4.90 Å². The third kappa shape index (κ3) is 6.92. The van der Waals surface area contributed by atoms with Crippen LogP contribution in [0.2, 0.25) is 5.02 Å². The molecule has 7 nitrogen and oxygen atoms in total. The van der Waals surface area contributed by atoms with Crippen LogP contribution >= 0.6 is 11.6 Å². The highest BCUT2D eigenvalue weighted by Crippen LogP contribution is 2.30. The average molecular weight is 616 g/mol. The first-order chi connectivity index (χ1) is 20.8. The Balaban J connectivity index is 1.35. The molecule has 1 heterocycles. The van der Waals surface area contributed by atoms with Crippen molar-refractivity contribution in [3.05, 3.63) is 119 Å². The number of para-hydroxylation sites is 1. The number of hydrogen-bond donors (Lipinski definition) is 1. The van der Waals surface area contributed by atoms with E-state index in [1.54, 1.807) is 30.3 Å². The maximum Gasteiger partial charge on any atom is 0.324 e. The zero-order valence-electron chi connectivity index (χ0n) is 24.0. The predicted molar refractivity (Wildman–Crippen MR) is 171 cm³/mol. The first-order valence-electron chi connectivity index (χ1n) is 14.4. The molecule has 4 aromatic carbocycles. The number of fused-ring (bicyclic) bond motifs is 1. The number of rotatable bonds is 10. The molecule has 9 heteroatoms. The standard InChI is InChI=1S/C34H34ClN3O4S/c1-2-3-10-22-37(34(40)38-23-21-27-11-4-8-15-31(27)38)24-25-17-19-26(20-18-25)28-12-6-9-16-32(28)43(41,42)36-33(39)29-13-5-7-14-30(29)35/h4-9,11-20H,2-3,10,21-24H2,1H3,(H,36,39). The van der Waals surface area contributed by atoms with Gasteiger partial charge in [0, 0.05) is 30.9 Å². The largest absolute Gasteiger partial charge is 0.324 e. The van der Waals surface area contributed by atoms with Gasteiger partial charge in [0.1, 0.15) is 0 Å². The van der Waals surface area contributed by atoms with Gasteiger partial charge in [0.2, 0.25) is 0 Å². The molecule has 1 N–H and O–H groups in total. The predicted octanol–water partition coefficient (Wildman–Crippen LogP) is 7.30. The Labute approximate surface area is 258 Å². The monoisotopic (exact) mass is 615 g/mol. The van der Waals surface area contributed by atoms with Gasteiger partial charge in [-0.2, -0.15) is 0 Å². The van der Waals surface area contributed by atoms with Crippen molar-refractivity contribution in [2.45, 2.75) is 44.0 Å². The summed E-state index contributed by atoms with van der Waals surface area (Å²) >= 11 is 6.10. The minimum absolute atomic E-state index is 0.00386. The van der Waals surface area contributed by atoms with Gasteiger partial charge in [-0.3, -0.25) is 9.69 Å². The van der Waals surface area contributed by atoms with Gasteiger partial charge in [-0.15, -0.1) is 0 Å². The Morgan fingerprint density at radius 1 is 0.884 bits per heavy atom. The molecule has 0 saturated carbocycles. The van der Waals surface area contributed by atoms with Gasteiger partial charge in [0.25, 0.3) is 15.9 Å². The fraction of sp³-hybridized carbons (Fsp3) is 0.235. The summed E-state index contributed by atoms with van der Waals surface area (Å²) in [6, 6.07) is 28.4. The van der Waals surface area contributed by atoms with Gasteiger partial charge in [0.15, 0.2) is 0 Å². The molecule has 0 unspecified atom stereocenters. The number of unbranched alkanes of at least 4 members (excludes halogenated alkanes) is 2. The SMILES string of the molecule is CCCCCN(Cc1ccc(-c2ccccc2S(=O)(=O)NC(=O)c2ccccc2Cl)cc1)C(=O)N1CCc2ccccc21. The Morgan fingerprint density at radius 3 is 2.35 bits per heavy atom. The molecule has 0 aromatic heterocycles. The second kappa shape index (κ2) is 13.4. The fourth-order valence-electron chi connectivity index (χ4n) is 5.33. The molecule has 0 atom stereocenters. The van der Waals surface area contributed by atoms with Gasteiger partial charge in [0.05, 0.1) is 15.5 Å². The lowest BCUT2D eigenvalue weighted by molar-refractivity contribution is 0.0981. The lowest BCUT2D eigenvalue weighted by atomic mass is 10.0. The fourth-order valence-corrected chi connectivity index (χ4v) is 6.75. The number of amides is 3. The minimum atomic E-state index is -4.21. The van der Waals surface area contributed by atoms with E-state index in [1.807, 2.05) is 52.3 Å². The van der Waals surface area contributed by atoms with E-state index in [-0.39, 0.29) is 21.5 Å². The summed E-state index contributed by atoms with van der Waals surface area (Å²) in [5, 5.41) is 0.162. The molecular weight excluding hydrogens is 582 g/mol. The first kappa shape index (κ1) is 30.3. The first-order valence-corrected chi connectivity index (χ1v) is 16.3. The van der Waals surface area contributed by atoms with Crippen LogP contribution in [0.25, 0.3) is 11.1 Å². The number of halogens is 1. The second-order valence-corrected chi connectivity index (χ2v) is 12.6. The molecule has 0 saturated heterocycles. The Kier molecular flexibility index (Phi) is 9.48. The van der Waals surface area contributed by atoms with E-state index in [4.69, 9.17) is 11.6 Å². The van der Waals surface area contributed by atoms with Crippen LogP contribution in [0.3, 0.4) is 0 Å². The number of hydrogen-bond acceptors (Lipinski definition) is 4. The van der Waals surface area contributed by atoms with Crippen LogP contribution in [0.5, 0.6) is 0 Å². The zero-order chi connectivity index (χ0) is 30.4. The van der Waals surface area contributed by atoms with Crippen LogP contribution in [0.4, 0.5) is 10.5 Å². The lowest BCUT2D eigenvalue weighted by Gasteiger charge is -2.29. The van der Waals surface area contributed by atoms with Gasteiger partial charge >= 0.3 is 6.03 Å². The van der Waals surface area contributed by atoms with Crippen molar-refractivity contribution in [1.82, 2.24) is 9.62 Å². The summed E-state index contributed by atoms with van der Waals surface area (Å²) in [4.78, 5) is 30.2. The molecule has 1 aliphatic heterocycles. The maximum absolute atomic E-state index is 13.7. The normalized spacial score (nSPS) is 12.6. The van der Waals surface area contributed by atoms with Gasteiger partial charge in [-0.25, -0.2) is 17.9 Å². The number of benzene rings is 4. The van der Waals surface area contributed by atoms with Crippen LogP contribution < -0.4 is 9.62 Å². The van der Waals surface area contributed by atoms with Crippen molar-refractivity contribution >= 4 is 39.2 Å². The van der Waals surface area contributed by atoms with E-state index in [0.717, 1.165) is 36.9 Å². The maximum atomic E-state index is 13.7. The number of sulfonamides is 1. The average Bonchev–Trinajstić information content (AvgIpc) is 3.45. The Bertz CT molecular complexity index is 1720. The van der Waals surface area contributed by atoms with E-state index in [1.165, 1.54) is 23.8 Å². The number of urea groups is 1. The van der Waals surface area contributed by atoms with Crippen molar-refractivity contribution in [3.63, 3.8) is 0 Å². The van der Waals surface area contributed by atoms with Gasteiger partial charge in [-0.05, 0) is 53.8 Å². The molecule has 43 heavy (non-hydrogen) atoms. The molecule has 1 aliphatic rings. The van der Waals surface area contributed by atoms with E-state index in [0.29, 0.717) is 30.8 Å². The summed E-state index contributed by atoms with van der Waals surface area (Å²) in [5.41, 5.74) is 4.30. The van der Waals surface area contributed by atoms with E-state index in [9.17, 15) is 18.0 Å². The van der Waals surface area contributed by atoms with Crippen LogP contribution in [0.1, 0.15) is 47.7 Å². The Morgan fingerprint density at radius 2 is 1.58 bits per heavy atom. The highest BCUT2D eigenvalue weighted by atomic mass is 35.5. The summed E-state index contributed by atoms with van der Waals surface area (Å²) in [5.74, 6) is -0.802. The minimum Gasteiger partial charge on any atom is -0.320 e. The molecule has 3 amide bonds. The second-order valence-electron chi connectivity index (χ2n) is 10.5. The van der Waals surface area contributed by atoms with Crippen molar-refractivity contribution in [2.75, 3.05) is 18.0 Å². The lowest BCUT2D eigenvalue weighted by Crippen LogP contribution is -2.42. The number of carbonyl (C=O) groups is 2. The number of carbonyl (C=O) groups excluding carboxylic acids is 2. The van der Waals surface area contributed by atoms with Crippen molar-refractivity contribution in [1.29, 1.82) is 0 Å². The summed E-state index contributed by atoms with van der Waals surface area (Å²) in [6.07, 6.45) is 3.86. The summed E-state index contributed by atoms with van der Waals surface area (Å²) < 4.78 is 28.8. The molecule has 5 rings (SSSR count). The molecular formula is C34H34ClN3O4S. The van der Waals surface area contributed by atoms with E-state index < -0.39 is 15.9 Å². The zero-order valence-corrected chi connectivity index (χ0v) is 25.6. The summed E-state index contributed by atoms with van der Waals surface area (Å²) in [6.45, 7) is 3.90. The quantitative estimate of drug-likeness (QED) is 0.190. The van der Waals surface area contributed by atoms with Crippen LogP contribution in [-0.4, -0.2) is 38.3 Å². The highest BCUT2D eigenvalue weighted by molar-refractivity contribution is 7.90. The molecule has 0 aliphatic carbocycles. The smallest absolute Gasteiger partial charge is 0.320 e. The summed E-state index contributed by atoms with van der Waals surface area (Å²) in [7, 11) is -4.21. The highest BCUT2D eigenvalue weighted by Gasteiger charge is 2.28.